The molecule has 1 aromatic rings. The van der Waals surface area contributed by atoms with Gasteiger partial charge < -0.3 is 39.4 Å². The Balaban J connectivity index is 1.62. The van der Waals surface area contributed by atoms with Crippen LogP contribution in [-0.4, -0.2) is 94.4 Å². The minimum Gasteiger partial charge on any atom is -0.463 e. The number of benzene rings is 1. The van der Waals surface area contributed by atoms with Crippen molar-refractivity contribution in [1.82, 2.24) is 0 Å². The van der Waals surface area contributed by atoms with E-state index in [0.29, 0.717) is 11.1 Å². The number of hydrogen-bond donors (Lipinski definition) is 4. The van der Waals surface area contributed by atoms with Gasteiger partial charge in [0.1, 0.15) is 37.6 Å². The molecule has 36 heavy (non-hydrogen) atoms. The van der Waals surface area contributed by atoms with Crippen molar-refractivity contribution in [2.45, 2.75) is 75.5 Å². The van der Waals surface area contributed by atoms with Crippen molar-refractivity contribution in [3.63, 3.8) is 0 Å². The van der Waals surface area contributed by atoms with Gasteiger partial charge in [0.2, 0.25) is 0 Å². The lowest BCUT2D eigenvalue weighted by atomic mass is 9.98. The third-order valence-electron chi connectivity index (χ3n) is 5.64. The lowest BCUT2D eigenvalue weighted by Crippen LogP contribution is -2.49. The van der Waals surface area contributed by atoms with Gasteiger partial charge >= 0.3 is 11.9 Å². The van der Waals surface area contributed by atoms with Gasteiger partial charge in [-0.25, -0.2) is 0 Å². The largest absolute Gasteiger partial charge is 0.463 e. The van der Waals surface area contributed by atoms with Gasteiger partial charge in [-0.1, -0.05) is 23.7 Å². The SMILES string of the molecule is CC(=O)OCC1CC(O)C(O)C(C#Cc2ccc(C#C[C@H]3O[C@@H](COC(C)=O)C[C@@H](O)[C@@H]3O)cc2)O1. The minimum absolute atomic E-state index is 0.0361. The number of hydrogen-bond acceptors (Lipinski definition) is 10. The molecule has 2 aliphatic heterocycles. The first kappa shape index (κ1) is 27.6. The highest BCUT2D eigenvalue weighted by atomic mass is 16.6. The van der Waals surface area contributed by atoms with Gasteiger partial charge in [0.05, 0.1) is 24.4 Å². The van der Waals surface area contributed by atoms with E-state index in [9.17, 15) is 30.0 Å². The van der Waals surface area contributed by atoms with Crippen LogP contribution in [0, 0.1) is 23.7 Å². The predicted molar refractivity (Wildman–Crippen MR) is 124 cm³/mol. The Kier molecular flexibility index (Phi) is 9.85. The predicted octanol–water partition coefficient (Wildman–Crippen LogP) is -0.726. The molecule has 2 heterocycles. The van der Waals surface area contributed by atoms with E-state index >= 15 is 0 Å². The zero-order valence-corrected chi connectivity index (χ0v) is 20.0. The van der Waals surface area contributed by atoms with Gasteiger partial charge in [0.25, 0.3) is 0 Å². The van der Waals surface area contributed by atoms with Crippen LogP contribution in [-0.2, 0) is 28.5 Å². The Morgan fingerprint density at radius 3 is 1.47 bits per heavy atom. The molecule has 0 radical (unpaired) electrons. The molecular weight excluding hydrogens is 472 g/mol. The summed E-state index contributed by atoms with van der Waals surface area (Å²) >= 11 is 0. The number of ether oxygens (including phenoxy) is 4. The van der Waals surface area contributed by atoms with Crippen LogP contribution in [0.25, 0.3) is 0 Å². The van der Waals surface area contributed by atoms with E-state index in [4.69, 9.17) is 18.9 Å². The second kappa shape index (κ2) is 12.8. The standard InChI is InChI=1S/C26H30O10/c1-15(27)33-13-19-11-21(29)25(31)23(35-19)9-7-17-3-5-18(6-4-17)8-10-24-26(32)22(30)12-20(36-24)14-34-16(2)28/h3-6,19-26,29-32H,11-14H2,1-2H3/t19-,20?,21-,22?,23-,24?,25+,26?/m1/s1. The average molecular weight is 503 g/mol. The Morgan fingerprint density at radius 2 is 1.14 bits per heavy atom. The average Bonchev–Trinajstić information content (AvgIpc) is 2.84. The highest BCUT2D eigenvalue weighted by Crippen LogP contribution is 2.22. The molecule has 4 N–H and O–H groups in total. The van der Waals surface area contributed by atoms with Crippen LogP contribution in [0.1, 0.15) is 37.8 Å². The molecule has 1 aromatic carbocycles. The fourth-order valence-electron chi connectivity index (χ4n) is 3.73. The highest BCUT2D eigenvalue weighted by molar-refractivity contribution is 5.66. The van der Waals surface area contributed by atoms with Crippen molar-refractivity contribution in [1.29, 1.82) is 0 Å². The first-order valence-corrected chi connectivity index (χ1v) is 11.6. The van der Waals surface area contributed by atoms with E-state index in [2.05, 4.69) is 23.7 Å². The molecule has 2 saturated heterocycles. The van der Waals surface area contributed by atoms with Gasteiger partial charge in [-0.15, -0.1) is 0 Å². The van der Waals surface area contributed by atoms with Gasteiger partial charge in [-0.2, -0.15) is 0 Å². The van der Waals surface area contributed by atoms with E-state index in [1.165, 1.54) is 13.8 Å². The Hall–Kier alpha value is -2.96. The Bertz CT molecular complexity index is 948. The summed E-state index contributed by atoms with van der Waals surface area (Å²) in [5.41, 5.74) is 1.22. The molecule has 0 aliphatic carbocycles. The lowest BCUT2D eigenvalue weighted by Gasteiger charge is -2.34. The number of rotatable bonds is 4. The molecule has 4 unspecified atom stereocenters. The molecular formula is C26H30O10. The number of esters is 2. The fraction of sp³-hybridized carbons (Fsp3) is 0.538. The van der Waals surface area contributed by atoms with Crippen molar-refractivity contribution in [2.24, 2.45) is 0 Å². The number of aliphatic hydroxyl groups excluding tert-OH is 4. The quantitative estimate of drug-likeness (QED) is 0.306. The van der Waals surface area contributed by atoms with Crippen LogP contribution in [0.4, 0.5) is 0 Å². The lowest BCUT2D eigenvalue weighted by molar-refractivity contribution is -0.170. The van der Waals surface area contributed by atoms with Crippen LogP contribution in [0.5, 0.6) is 0 Å². The summed E-state index contributed by atoms with van der Waals surface area (Å²) in [7, 11) is 0. The summed E-state index contributed by atoms with van der Waals surface area (Å²) in [6.07, 6.45) is -7.31. The molecule has 8 atom stereocenters. The summed E-state index contributed by atoms with van der Waals surface area (Å²) in [6.45, 7) is 2.47. The molecule has 3 rings (SSSR count). The molecule has 0 amide bonds. The smallest absolute Gasteiger partial charge is 0.302 e. The van der Waals surface area contributed by atoms with E-state index in [-0.39, 0.29) is 26.1 Å². The van der Waals surface area contributed by atoms with E-state index < -0.39 is 60.8 Å². The van der Waals surface area contributed by atoms with Gasteiger partial charge in [-0.3, -0.25) is 9.59 Å². The number of carbonyl (C=O) groups is 2. The van der Waals surface area contributed by atoms with Crippen LogP contribution in [0.2, 0.25) is 0 Å². The van der Waals surface area contributed by atoms with Crippen molar-refractivity contribution >= 4 is 11.9 Å². The van der Waals surface area contributed by atoms with Crippen molar-refractivity contribution in [3.05, 3.63) is 35.4 Å². The van der Waals surface area contributed by atoms with Gasteiger partial charge in [0, 0.05) is 37.8 Å². The maximum absolute atomic E-state index is 11.0. The van der Waals surface area contributed by atoms with E-state index in [0.717, 1.165) is 0 Å². The zero-order valence-electron chi connectivity index (χ0n) is 20.0. The molecule has 0 spiro atoms. The first-order valence-electron chi connectivity index (χ1n) is 11.6. The highest BCUT2D eigenvalue weighted by Gasteiger charge is 2.37. The first-order chi connectivity index (χ1) is 17.1. The van der Waals surface area contributed by atoms with Crippen molar-refractivity contribution < 1.29 is 49.0 Å². The second-order valence-corrected chi connectivity index (χ2v) is 8.67. The van der Waals surface area contributed by atoms with E-state index in [1.54, 1.807) is 24.3 Å². The summed E-state index contributed by atoms with van der Waals surface area (Å²) in [6, 6.07) is 6.82. The maximum Gasteiger partial charge on any atom is 0.302 e. The van der Waals surface area contributed by atoms with Crippen LogP contribution in [0.3, 0.4) is 0 Å². The molecule has 0 aromatic heterocycles. The van der Waals surface area contributed by atoms with E-state index in [1.807, 2.05) is 0 Å². The van der Waals surface area contributed by atoms with Crippen molar-refractivity contribution in [2.75, 3.05) is 13.2 Å². The number of aliphatic hydroxyl groups is 4. The van der Waals surface area contributed by atoms with Crippen LogP contribution in [0.15, 0.2) is 24.3 Å². The number of carbonyl (C=O) groups excluding carboxylic acids is 2. The van der Waals surface area contributed by atoms with Crippen LogP contribution < -0.4 is 0 Å². The van der Waals surface area contributed by atoms with Crippen molar-refractivity contribution in [3.8, 4) is 23.7 Å². The third kappa shape index (κ3) is 8.04. The molecule has 0 saturated carbocycles. The third-order valence-corrected chi connectivity index (χ3v) is 5.64. The topological polar surface area (TPSA) is 152 Å². The molecule has 194 valence electrons. The molecule has 10 nitrogen and oxygen atoms in total. The molecule has 2 fully saturated rings. The maximum atomic E-state index is 11.0. The molecule has 0 bridgehead atoms. The summed E-state index contributed by atoms with van der Waals surface area (Å²) in [5.74, 6) is 10.4. The monoisotopic (exact) mass is 502 g/mol. The second-order valence-electron chi connectivity index (χ2n) is 8.67. The van der Waals surface area contributed by atoms with Gasteiger partial charge in [-0.05, 0) is 24.3 Å². The fourth-order valence-corrected chi connectivity index (χ4v) is 3.73. The van der Waals surface area contributed by atoms with Crippen LogP contribution >= 0.6 is 0 Å². The normalized spacial score (nSPS) is 31.7. The molecule has 10 heteroatoms. The molecule has 2 aliphatic rings. The Morgan fingerprint density at radius 1 is 0.778 bits per heavy atom. The minimum atomic E-state index is -1.20. The summed E-state index contributed by atoms with van der Waals surface area (Å²) in [4.78, 5) is 22.0. The zero-order chi connectivity index (χ0) is 26.2. The Labute approximate surface area is 209 Å². The van der Waals surface area contributed by atoms with Gasteiger partial charge in [0.15, 0.2) is 0 Å². The summed E-state index contributed by atoms with van der Waals surface area (Å²) in [5, 5.41) is 40.5. The summed E-state index contributed by atoms with van der Waals surface area (Å²) < 4.78 is 21.2.